The van der Waals surface area contributed by atoms with Crippen molar-refractivity contribution < 1.29 is 23.8 Å². The molecule has 0 fully saturated rings. The molecule has 0 atom stereocenters. The maximum atomic E-state index is 13.0. The van der Waals surface area contributed by atoms with Gasteiger partial charge in [0.1, 0.15) is 5.75 Å². The molecule has 0 saturated heterocycles. The Hall–Kier alpha value is -4.04. The summed E-state index contributed by atoms with van der Waals surface area (Å²) in [5.41, 5.74) is 7.93. The van der Waals surface area contributed by atoms with Crippen LogP contribution in [0.1, 0.15) is 10.4 Å². The topological polar surface area (TPSA) is 95.6 Å². The highest BCUT2D eigenvalue weighted by Crippen LogP contribution is 2.37. The molecule has 4 aromatic rings. The molecule has 1 aromatic heterocycles. The van der Waals surface area contributed by atoms with Crippen molar-refractivity contribution in [1.29, 1.82) is 0 Å². The predicted molar refractivity (Wildman–Crippen MR) is 120 cm³/mol. The summed E-state index contributed by atoms with van der Waals surface area (Å²) in [6.07, 6.45) is 1.60. The van der Waals surface area contributed by atoms with Crippen molar-refractivity contribution in [1.82, 2.24) is 4.57 Å². The first-order valence-electron chi connectivity index (χ1n) is 9.40. The number of fused-ring (bicyclic) bond motifs is 1. The van der Waals surface area contributed by atoms with Gasteiger partial charge in [0, 0.05) is 39.0 Å². The number of halogens is 2. The Labute approximate surface area is 187 Å². The van der Waals surface area contributed by atoms with E-state index in [0.717, 1.165) is 0 Å². The van der Waals surface area contributed by atoms with Gasteiger partial charge in [-0.3, -0.25) is 14.3 Å². The summed E-state index contributed by atoms with van der Waals surface area (Å²) < 4.78 is 19.4. The van der Waals surface area contributed by atoms with E-state index in [4.69, 9.17) is 22.1 Å². The number of aromatic nitrogens is 1. The van der Waals surface area contributed by atoms with Crippen molar-refractivity contribution in [2.75, 3.05) is 12.4 Å². The van der Waals surface area contributed by atoms with Crippen LogP contribution in [0, 0.1) is 0 Å². The van der Waals surface area contributed by atoms with E-state index in [1.165, 1.54) is 16.7 Å². The Morgan fingerprint density at radius 2 is 1.75 bits per heavy atom. The summed E-state index contributed by atoms with van der Waals surface area (Å²) in [5.74, 6) is -0.118. The van der Waals surface area contributed by atoms with Crippen LogP contribution in [-0.2, 0) is 0 Å². The quantitative estimate of drug-likeness (QED) is 0.422. The summed E-state index contributed by atoms with van der Waals surface area (Å²) in [7, 11) is 1.55. The third kappa shape index (κ3) is 3.95. The molecule has 0 bridgehead atoms. The van der Waals surface area contributed by atoms with E-state index in [2.05, 4.69) is 10.3 Å². The SMILES string of the molecule is COc1ccc(NC(=O)n2cc(-c3ccc(C(N)=O)cc3)c3cc(Cl)c(OF)cc32)cc1. The average molecular weight is 454 g/mol. The molecule has 0 aliphatic rings. The van der Waals surface area contributed by atoms with Gasteiger partial charge in [-0.15, -0.1) is 0 Å². The van der Waals surface area contributed by atoms with Gasteiger partial charge in [0.05, 0.1) is 17.6 Å². The molecule has 0 spiro atoms. The zero-order valence-electron chi connectivity index (χ0n) is 16.8. The van der Waals surface area contributed by atoms with Crippen molar-refractivity contribution in [2.45, 2.75) is 0 Å². The number of carbonyl (C=O) groups is 2. The number of nitrogens with one attached hydrogen (secondary N) is 1. The molecular weight excluding hydrogens is 437 g/mol. The first kappa shape index (κ1) is 21.2. The number of hydrogen-bond donors (Lipinski definition) is 2. The molecule has 0 aliphatic carbocycles. The number of methoxy groups -OCH3 is 1. The lowest BCUT2D eigenvalue weighted by atomic mass is 10.0. The highest BCUT2D eigenvalue weighted by Gasteiger charge is 2.19. The van der Waals surface area contributed by atoms with Gasteiger partial charge in [-0.1, -0.05) is 23.7 Å². The first-order valence-corrected chi connectivity index (χ1v) is 9.78. The number of nitrogens with zero attached hydrogens (tertiary/aromatic N) is 1. The molecule has 0 unspecified atom stereocenters. The van der Waals surface area contributed by atoms with Crippen LogP contribution in [-0.4, -0.2) is 23.6 Å². The average Bonchev–Trinajstić information content (AvgIpc) is 3.17. The standard InChI is InChI=1S/C23H17ClFN3O4/c1-31-16-8-6-15(7-9-16)27-23(30)28-12-18(13-2-4-14(5-3-13)22(26)29)17-10-19(24)21(32-25)11-20(17)28/h2-12H,1H3,(H2,26,29)(H,27,30). The van der Waals surface area contributed by atoms with Gasteiger partial charge in [0.25, 0.3) is 0 Å². The monoisotopic (exact) mass is 453 g/mol. The molecule has 162 valence electrons. The van der Waals surface area contributed by atoms with Crippen LogP contribution in [0.3, 0.4) is 0 Å². The molecule has 0 saturated carbocycles. The Morgan fingerprint density at radius 3 is 2.34 bits per heavy atom. The van der Waals surface area contributed by atoms with E-state index < -0.39 is 11.9 Å². The van der Waals surface area contributed by atoms with E-state index in [1.54, 1.807) is 61.8 Å². The first-order chi connectivity index (χ1) is 15.4. The van der Waals surface area contributed by atoms with E-state index >= 15 is 0 Å². The van der Waals surface area contributed by atoms with Crippen LogP contribution in [0.15, 0.2) is 66.9 Å². The minimum Gasteiger partial charge on any atom is -0.497 e. The normalized spacial score (nSPS) is 10.7. The number of primary amides is 1. The summed E-state index contributed by atoms with van der Waals surface area (Å²) in [5, 5.41) is 3.42. The highest BCUT2D eigenvalue weighted by atomic mass is 35.5. The van der Waals surface area contributed by atoms with Crippen molar-refractivity contribution >= 4 is 40.1 Å². The molecule has 9 heteroatoms. The van der Waals surface area contributed by atoms with Gasteiger partial charge in [-0.25, -0.2) is 4.79 Å². The Kier molecular flexibility index (Phi) is 5.70. The van der Waals surface area contributed by atoms with Gasteiger partial charge in [0.15, 0.2) is 5.75 Å². The number of benzene rings is 3. The lowest BCUT2D eigenvalue weighted by molar-refractivity contribution is -0.00592. The Bertz CT molecular complexity index is 1320. The lowest BCUT2D eigenvalue weighted by Crippen LogP contribution is -2.18. The molecule has 0 aliphatic heterocycles. The number of carbonyl (C=O) groups excluding carboxylic acids is 2. The fraction of sp³-hybridized carbons (Fsp3) is 0.0435. The van der Waals surface area contributed by atoms with Crippen LogP contribution >= 0.6 is 11.6 Å². The Balaban J connectivity index is 1.80. The number of nitrogens with two attached hydrogens (primary N) is 1. The number of hydrogen-bond acceptors (Lipinski definition) is 4. The largest absolute Gasteiger partial charge is 0.497 e. The molecule has 3 N–H and O–H groups in total. The second-order valence-electron chi connectivity index (χ2n) is 6.89. The summed E-state index contributed by atoms with van der Waals surface area (Å²) in [6.45, 7) is 0. The van der Waals surface area contributed by atoms with Crippen molar-refractivity contribution in [3.8, 4) is 22.6 Å². The van der Waals surface area contributed by atoms with Crippen molar-refractivity contribution in [2.24, 2.45) is 5.73 Å². The van der Waals surface area contributed by atoms with Gasteiger partial charge >= 0.3 is 6.03 Å². The molecule has 32 heavy (non-hydrogen) atoms. The zero-order valence-corrected chi connectivity index (χ0v) is 17.5. The number of rotatable bonds is 5. The van der Waals surface area contributed by atoms with Gasteiger partial charge < -0.3 is 15.8 Å². The summed E-state index contributed by atoms with van der Waals surface area (Å²) in [6, 6.07) is 15.8. The van der Waals surface area contributed by atoms with E-state index in [1.807, 2.05) is 0 Å². The molecule has 4 rings (SSSR count). The minimum absolute atomic E-state index is 0.0447. The number of anilines is 1. The van der Waals surface area contributed by atoms with Gasteiger partial charge in [0.2, 0.25) is 5.91 Å². The second kappa shape index (κ2) is 8.60. The molecule has 0 radical (unpaired) electrons. The molecule has 1 heterocycles. The fourth-order valence-corrected chi connectivity index (χ4v) is 3.55. The van der Waals surface area contributed by atoms with E-state index in [0.29, 0.717) is 39.0 Å². The number of ether oxygens (including phenoxy) is 1. The predicted octanol–water partition coefficient (Wildman–Crippen LogP) is 5.41. The highest BCUT2D eigenvalue weighted by molar-refractivity contribution is 6.33. The van der Waals surface area contributed by atoms with Crippen LogP contribution in [0.5, 0.6) is 11.5 Å². The van der Waals surface area contributed by atoms with Crippen LogP contribution < -0.4 is 20.7 Å². The van der Waals surface area contributed by atoms with E-state index in [9.17, 15) is 14.1 Å². The minimum atomic E-state index is -0.550. The van der Waals surface area contributed by atoms with Crippen LogP contribution in [0.4, 0.5) is 15.0 Å². The number of amides is 2. The summed E-state index contributed by atoms with van der Waals surface area (Å²) in [4.78, 5) is 28.3. The summed E-state index contributed by atoms with van der Waals surface area (Å²) >= 11 is 6.13. The van der Waals surface area contributed by atoms with Crippen molar-refractivity contribution in [3.05, 3.63) is 77.4 Å². The lowest BCUT2D eigenvalue weighted by Gasteiger charge is -2.08. The van der Waals surface area contributed by atoms with Gasteiger partial charge in [-0.2, -0.15) is 0 Å². The molecule has 3 aromatic carbocycles. The smallest absolute Gasteiger partial charge is 0.330 e. The molecule has 7 nitrogen and oxygen atoms in total. The van der Waals surface area contributed by atoms with Crippen LogP contribution in [0.2, 0.25) is 5.02 Å². The van der Waals surface area contributed by atoms with Crippen LogP contribution in [0.25, 0.3) is 22.0 Å². The fourth-order valence-electron chi connectivity index (χ4n) is 3.36. The van der Waals surface area contributed by atoms with Gasteiger partial charge in [-0.05, 0) is 48.0 Å². The third-order valence-electron chi connectivity index (χ3n) is 4.98. The van der Waals surface area contributed by atoms with Crippen molar-refractivity contribution in [3.63, 3.8) is 0 Å². The molecular formula is C23H17ClFN3O4. The van der Waals surface area contributed by atoms with E-state index in [-0.39, 0.29) is 10.8 Å². The molecule has 2 amide bonds. The second-order valence-corrected chi connectivity index (χ2v) is 7.30. The third-order valence-corrected chi connectivity index (χ3v) is 5.28. The zero-order chi connectivity index (χ0) is 22.8. The Morgan fingerprint density at radius 1 is 1.06 bits per heavy atom. The maximum Gasteiger partial charge on any atom is 0.330 e. The maximum absolute atomic E-state index is 13.0.